The van der Waals surface area contributed by atoms with Crippen LogP contribution in [0.4, 0.5) is 0 Å². The molecule has 0 spiro atoms. The lowest BCUT2D eigenvalue weighted by Crippen LogP contribution is -2.17. The smallest absolute Gasteiger partial charge is 0.342 e. The molecule has 3 rings (SSSR count). The molecule has 0 aromatic heterocycles. The maximum Gasteiger partial charge on any atom is 0.342 e. The zero-order chi connectivity index (χ0) is 16.4. The van der Waals surface area contributed by atoms with Gasteiger partial charge in [0.05, 0.1) is 11.5 Å². The number of carbonyl (C=O) groups is 2. The minimum atomic E-state index is -0.554. The van der Waals surface area contributed by atoms with Gasteiger partial charge in [0.25, 0.3) is 0 Å². The van der Waals surface area contributed by atoms with Crippen LogP contribution in [0.5, 0.6) is 0 Å². The van der Waals surface area contributed by atoms with E-state index in [4.69, 9.17) is 4.74 Å². The molecule has 0 aliphatic heterocycles. The highest BCUT2D eigenvalue weighted by molar-refractivity contribution is 8.03. The second kappa shape index (κ2) is 7.25. The van der Waals surface area contributed by atoms with Gasteiger partial charge in [-0.2, -0.15) is 0 Å². The van der Waals surface area contributed by atoms with Crippen molar-refractivity contribution in [1.29, 1.82) is 0 Å². The lowest BCUT2D eigenvalue weighted by Gasteiger charge is -2.20. The van der Waals surface area contributed by atoms with E-state index < -0.39 is 5.97 Å². The molecule has 0 aromatic carbocycles. The quantitative estimate of drug-likeness (QED) is 0.576. The highest BCUT2D eigenvalue weighted by Gasteiger charge is 2.44. The van der Waals surface area contributed by atoms with Crippen LogP contribution in [0.15, 0.2) is 21.6 Å². The second-order valence-corrected chi connectivity index (χ2v) is 5.87. The third-order valence-electron chi connectivity index (χ3n) is 3.75. The molecule has 116 valence electrons. The Balaban J connectivity index is 2.08. The molecule has 2 fully saturated rings. The van der Waals surface area contributed by atoms with Crippen LogP contribution in [0.1, 0.15) is 6.92 Å². The van der Waals surface area contributed by atoms with Crippen LogP contribution < -0.4 is 0 Å². The van der Waals surface area contributed by atoms with Gasteiger partial charge < -0.3 is 4.74 Å². The van der Waals surface area contributed by atoms with E-state index in [-0.39, 0.29) is 18.0 Å². The molecule has 23 heavy (non-hydrogen) atoms. The number of allylic oxidation sites excluding steroid dienone is 3. The van der Waals surface area contributed by atoms with E-state index in [1.165, 1.54) is 11.8 Å². The number of ether oxygens (including phenoxy) is 1. The zero-order valence-corrected chi connectivity index (χ0v) is 13.8. The summed E-state index contributed by atoms with van der Waals surface area (Å²) in [6.45, 7) is 1.98. The molecule has 0 amide bonds. The maximum atomic E-state index is 12.8. The average molecular weight is 324 g/mol. The lowest BCUT2D eigenvalue weighted by atomic mass is 9.83. The van der Waals surface area contributed by atoms with Gasteiger partial charge in [0.1, 0.15) is 5.57 Å². The monoisotopic (exact) mass is 324 g/mol. The van der Waals surface area contributed by atoms with E-state index in [0.29, 0.717) is 10.5 Å². The molecule has 0 saturated heterocycles. The standard InChI is InChI=1S/C19H16O3S/c1-3-22-19(21)16-14(12-8-4-5-9-12)15(13-10-6-7-11-13)18(23-2)17(16)20/h4-11H,3H2,1-2H3. The summed E-state index contributed by atoms with van der Waals surface area (Å²) in [4.78, 5) is 25.8. The van der Waals surface area contributed by atoms with Crippen LogP contribution in [-0.2, 0) is 14.3 Å². The van der Waals surface area contributed by atoms with Gasteiger partial charge in [0.2, 0.25) is 5.78 Å². The number of Topliss-reactive ketones (excluding diaryl/α,β-unsaturated/α-hetero) is 1. The Labute approximate surface area is 142 Å². The molecule has 3 nitrogen and oxygen atoms in total. The molecule has 3 aliphatic carbocycles. The van der Waals surface area contributed by atoms with Gasteiger partial charge in [-0.1, -0.05) is 0 Å². The fourth-order valence-corrected chi connectivity index (χ4v) is 3.53. The topological polar surface area (TPSA) is 43.4 Å². The van der Waals surface area contributed by atoms with Gasteiger partial charge in [0, 0.05) is 11.8 Å². The van der Waals surface area contributed by atoms with Gasteiger partial charge in [-0.3, -0.25) is 4.79 Å². The Bertz CT molecular complexity index is 561. The number of hydrogen-bond donors (Lipinski definition) is 0. The molecule has 0 bridgehead atoms. The van der Waals surface area contributed by atoms with Crippen molar-refractivity contribution in [3.8, 4) is 0 Å². The highest BCUT2D eigenvalue weighted by Crippen LogP contribution is 2.50. The Morgan fingerprint density at radius 3 is 2.00 bits per heavy atom. The third-order valence-corrected chi connectivity index (χ3v) is 4.54. The number of hydrogen-bond acceptors (Lipinski definition) is 4. The highest BCUT2D eigenvalue weighted by atomic mass is 32.2. The molecular formula is C19H16O3S. The molecule has 0 atom stereocenters. The normalized spacial score (nSPS) is 23.5. The molecule has 10 radical (unpaired) electrons. The van der Waals surface area contributed by atoms with Gasteiger partial charge in [-0.15, -0.1) is 11.8 Å². The van der Waals surface area contributed by atoms with Crippen LogP contribution in [0.3, 0.4) is 0 Å². The van der Waals surface area contributed by atoms with E-state index in [1.807, 2.05) is 57.6 Å². The van der Waals surface area contributed by atoms with Crippen molar-refractivity contribution in [2.24, 2.45) is 0 Å². The SMILES string of the molecule is CCOC(=O)C1=C([C]2[CH][CH][CH][CH]2)C([C]2[CH][CH][CH][CH]2)=C(SC)C1=O. The van der Waals surface area contributed by atoms with Crippen LogP contribution in [-0.4, -0.2) is 24.6 Å². The molecular weight excluding hydrogens is 308 g/mol. The molecule has 4 heteroatoms. The van der Waals surface area contributed by atoms with Crippen molar-refractivity contribution in [3.05, 3.63) is 84.8 Å². The molecule has 0 N–H and O–H groups in total. The molecule has 2 saturated carbocycles. The van der Waals surface area contributed by atoms with Crippen molar-refractivity contribution in [1.82, 2.24) is 0 Å². The second-order valence-electron chi connectivity index (χ2n) is 5.05. The number of rotatable bonds is 5. The summed E-state index contributed by atoms with van der Waals surface area (Å²) in [6, 6.07) is 0. The summed E-state index contributed by atoms with van der Waals surface area (Å²) in [5, 5.41) is 0. The summed E-state index contributed by atoms with van der Waals surface area (Å²) in [5.74, 6) is 1.00. The van der Waals surface area contributed by atoms with Crippen LogP contribution >= 0.6 is 11.8 Å². The minimum Gasteiger partial charge on any atom is -0.462 e. The fraction of sp³-hybridized carbons (Fsp3) is 0.158. The Kier molecular flexibility index (Phi) is 5.30. The van der Waals surface area contributed by atoms with Crippen molar-refractivity contribution in [2.45, 2.75) is 6.92 Å². The number of thioether (sulfide) groups is 1. The van der Waals surface area contributed by atoms with E-state index in [0.717, 1.165) is 17.4 Å². The summed E-state index contributed by atoms with van der Waals surface area (Å²) in [6.07, 6.45) is 17.2. The van der Waals surface area contributed by atoms with Gasteiger partial charge >= 0.3 is 5.97 Å². The van der Waals surface area contributed by atoms with Crippen LogP contribution in [0, 0.1) is 63.2 Å². The Hall–Kier alpha value is -1.03. The van der Waals surface area contributed by atoms with Crippen molar-refractivity contribution >= 4 is 23.5 Å². The van der Waals surface area contributed by atoms with Gasteiger partial charge in [-0.05, 0) is 75.7 Å². The molecule has 0 aromatic rings. The first-order valence-corrected chi connectivity index (χ1v) is 8.60. The fourth-order valence-electron chi connectivity index (χ4n) is 2.82. The zero-order valence-electron chi connectivity index (χ0n) is 13.0. The predicted octanol–water partition coefficient (Wildman–Crippen LogP) is 2.86. The molecule has 0 heterocycles. The van der Waals surface area contributed by atoms with Crippen molar-refractivity contribution < 1.29 is 14.3 Å². The van der Waals surface area contributed by atoms with Crippen LogP contribution in [0.2, 0.25) is 0 Å². The van der Waals surface area contributed by atoms with Crippen LogP contribution in [0.25, 0.3) is 0 Å². The van der Waals surface area contributed by atoms with Gasteiger partial charge in [-0.25, -0.2) is 4.79 Å². The van der Waals surface area contributed by atoms with E-state index in [2.05, 4.69) is 0 Å². The molecule has 3 aliphatic rings. The maximum absolute atomic E-state index is 12.8. The van der Waals surface area contributed by atoms with Crippen molar-refractivity contribution in [2.75, 3.05) is 12.9 Å². The summed E-state index contributed by atoms with van der Waals surface area (Å²) in [5.41, 5.74) is 1.63. The van der Waals surface area contributed by atoms with Crippen molar-refractivity contribution in [3.63, 3.8) is 0 Å². The summed E-state index contributed by atoms with van der Waals surface area (Å²) in [7, 11) is 0. The number of carbonyl (C=O) groups excluding carboxylic acids is 2. The Morgan fingerprint density at radius 2 is 1.52 bits per heavy atom. The summed E-state index contributed by atoms with van der Waals surface area (Å²) < 4.78 is 5.13. The molecule has 0 unspecified atom stereocenters. The van der Waals surface area contributed by atoms with E-state index in [1.54, 1.807) is 6.92 Å². The minimum absolute atomic E-state index is 0.138. The Morgan fingerprint density at radius 1 is 1.00 bits per heavy atom. The first-order chi connectivity index (χ1) is 11.2. The number of esters is 1. The first-order valence-electron chi connectivity index (χ1n) is 7.38. The predicted molar refractivity (Wildman–Crippen MR) is 90.1 cm³/mol. The average Bonchev–Trinajstić information content (AvgIpc) is 3.26. The first kappa shape index (κ1) is 16.8. The summed E-state index contributed by atoms with van der Waals surface area (Å²) >= 11 is 1.37. The third kappa shape index (κ3) is 3.02. The van der Waals surface area contributed by atoms with E-state index >= 15 is 0 Å². The lowest BCUT2D eigenvalue weighted by molar-refractivity contribution is -0.139. The largest absolute Gasteiger partial charge is 0.462 e. The van der Waals surface area contributed by atoms with Gasteiger partial charge in [0.15, 0.2) is 0 Å². The number of ketones is 1. The van der Waals surface area contributed by atoms with E-state index in [9.17, 15) is 9.59 Å².